The van der Waals surface area contributed by atoms with Crippen LogP contribution in [0, 0.1) is 0 Å². The van der Waals surface area contributed by atoms with E-state index in [1.807, 2.05) is 0 Å². The Hall–Kier alpha value is -0.860. The van der Waals surface area contributed by atoms with Crippen LogP contribution in [0.5, 0.6) is 0 Å². The summed E-state index contributed by atoms with van der Waals surface area (Å²) in [6.07, 6.45) is 2.58. The minimum absolute atomic E-state index is 0.0138. The van der Waals surface area contributed by atoms with Gasteiger partial charge in [0.25, 0.3) is 0 Å². The summed E-state index contributed by atoms with van der Waals surface area (Å²) < 4.78 is 0. The van der Waals surface area contributed by atoms with Gasteiger partial charge in [0.05, 0.1) is 20.9 Å². The van der Waals surface area contributed by atoms with Gasteiger partial charge in [-0.2, -0.15) is 9.98 Å². The highest BCUT2D eigenvalue weighted by atomic mass is 35.5. The van der Waals surface area contributed by atoms with Gasteiger partial charge in [0.2, 0.25) is 12.2 Å². The number of carbonyl (C=O) groups excluding carboxylic acids is 2. The van der Waals surface area contributed by atoms with Gasteiger partial charge < -0.3 is 0 Å². The topological polar surface area (TPSA) is 58.9 Å². The van der Waals surface area contributed by atoms with Crippen LogP contribution in [0.15, 0.2) is 9.98 Å². The Labute approximate surface area is 116 Å². The van der Waals surface area contributed by atoms with Crippen molar-refractivity contribution in [1.29, 1.82) is 0 Å². The van der Waals surface area contributed by atoms with Crippen LogP contribution < -0.4 is 0 Å². The molecular weight excluding hydrogens is 310 g/mol. The molecule has 0 unspecified atom stereocenters. The Morgan fingerprint density at radius 2 is 1.41 bits per heavy atom. The van der Waals surface area contributed by atoms with E-state index in [0.29, 0.717) is 0 Å². The summed E-state index contributed by atoms with van der Waals surface area (Å²) in [4.78, 5) is 27.2. The third-order valence-corrected chi connectivity index (χ3v) is 3.32. The highest BCUT2D eigenvalue weighted by Gasteiger charge is 2.20. The Bertz CT molecular complexity index is 561. The molecule has 0 aromatic heterocycles. The number of benzene rings is 1. The van der Waals surface area contributed by atoms with Crippen molar-refractivity contribution >= 4 is 69.9 Å². The van der Waals surface area contributed by atoms with E-state index < -0.39 is 0 Å². The highest BCUT2D eigenvalue weighted by molar-refractivity contribution is 6.47. The van der Waals surface area contributed by atoms with Crippen molar-refractivity contribution in [3.63, 3.8) is 0 Å². The molecule has 0 saturated carbocycles. The molecule has 0 aliphatic carbocycles. The number of rotatable bonds is 3. The quantitative estimate of drug-likeness (QED) is 0.361. The van der Waals surface area contributed by atoms with Gasteiger partial charge in [-0.1, -0.05) is 34.8 Å². The summed E-state index contributed by atoms with van der Waals surface area (Å²) in [6.45, 7) is 0. The molecule has 1 aromatic rings. The summed E-state index contributed by atoms with van der Waals surface area (Å²) in [6, 6.07) is 0. The van der Waals surface area contributed by atoms with Gasteiger partial charge in [-0.15, -0.1) is 11.6 Å². The van der Waals surface area contributed by atoms with E-state index in [2.05, 4.69) is 9.98 Å². The number of halogens is 4. The van der Waals surface area contributed by atoms with Crippen LogP contribution in [0.25, 0.3) is 0 Å². The number of hydrogen-bond donors (Lipinski definition) is 0. The maximum absolute atomic E-state index is 10.3. The Morgan fingerprint density at radius 3 is 1.88 bits per heavy atom. The predicted octanol–water partition coefficient (Wildman–Crippen LogP) is 4.32. The number of alkyl halides is 1. The van der Waals surface area contributed by atoms with E-state index in [1.165, 1.54) is 12.2 Å². The summed E-state index contributed by atoms with van der Waals surface area (Å²) in [7, 11) is 0. The molecule has 0 aliphatic rings. The number of hydrogen-bond acceptors (Lipinski definition) is 4. The molecule has 0 heterocycles. The fourth-order valence-corrected chi connectivity index (χ4v) is 2.28. The summed E-state index contributed by atoms with van der Waals surface area (Å²) in [5, 5.41) is -0.142. The molecule has 0 N–H and O–H groups in total. The Morgan fingerprint density at radius 1 is 0.882 bits per heavy atom. The van der Waals surface area contributed by atoms with Crippen LogP contribution in [-0.4, -0.2) is 12.2 Å². The second kappa shape index (κ2) is 6.18. The molecule has 88 valence electrons. The molecule has 0 fully saturated rings. The standard InChI is InChI=1S/C9H2Cl4N2O2/c10-1-4-5(11)6(12)9(15-3-17)7(13)8(4)14-2-16/h1H2. The lowest BCUT2D eigenvalue weighted by Gasteiger charge is -2.10. The lowest BCUT2D eigenvalue weighted by atomic mass is 10.1. The molecule has 4 nitrogen and oxygen atoms in total. The van der Waals surface area contributed by atoms with Crippen molar-refractivity contribution in [3.8, 4) is 0 Å². The summed E-state index contributed by atoms with van der Waals surface area (Å²) in [5.74, 6) is -0.0656. The smallest absolute Gasteiger partial charge is 0.211 e. The van der Waals surface area contributed by atoms with E-state index in [-0.39, 0.29) is 37.9 Å². The molecule has 0 amide bonds. The molecule has 0 bridgehead atoms. The largest absolute Gasteiger partial charge is 0.240 e. The van der Waals surface area contributed by atoms with Crippen LogP contribution in [0.2, 0.25) is 15.1 Å². The molecule has 0 atom stereocenters. The molecular formula is C9H2Cl4N2O2. The SMILES string of the molecule is O=C=Nc1c(Cl)c(Cl)c(CCl)c(N=C=O)c1Cl. The number of aliphatic imine (C=N–C) groups is 2. The lowest BCUT2D eigenvalue weighted by molar-refractivity contribution is 0.565. The van der Waals surface area contributed by atoms with Crippen molar-refractivity contribution in [2.24, 2.45) is 9.98 Å². The molecule has 1 aromatic carbocycles. The average Bonchev–Trinajstić information content (AvgIpc) is 2.32. The van der Waals surface area contributed by atoms with E-state index >= 15 is 0 Å². The van der Waals surface area contributed by atoms with Crippen LogP contribution in [0.3, 0.4) is 0 Å². The van der Waals surface area contributed by atoms with Crippen molar-refractivity contribution in [3.05, 3.63) is 20.6 Å². The number of nitrogens with zero attached hydrogens (tertiary/aromatic N) is 2. The first-order chi connectivity index (χ1) is 8.08. The average molecular weight is 312 g/mol. The van der Waals surface area contributed by atoms with Gasteiger partial charge in [0, 0.05) is 5.56 Å². The molecule has 0 radical (unpaired) electrons. The normalized spacial score (nSPS) is 9.41. The van der Waals surface area contributed by atoms with E-state index in [9.17, 15) is 9.59 Å². The van der Waals surface area contributed by atoms with Crippen LogP contribution in [0.4, 0.5) is 11.4 Å². The third-order valence-electron chi connectivity index (χ3n) is 1.82. The van der Waals surface area contributed by atoms with Crippen LogP contribution in [0.1, 0.15) is 5.56 Å². The molecule has 17 heavy (non-hydrogen) atoms. The lowest BCUT2D eigenvalue weighted by Crippen LogP contribution is -1.87. The molecule has 0 saturated heterocycles. The van der Waals surface area contributed by atoms with Gasteiger partial charge >= 0.3 is 0 Å². The maximum Gasteiger partial charge on any atom is 0.240 e. The first-order valence-electron chi connectivity index (χ1n) is 3.99. The first-order valence-corrected chi connectivity index (χ1v) is 5.66. The zero-order chi connectivity index (χ0) is 13.0. The second-order valence-electron chi connectivity index (χ2n) is 2.66. The Balaban J connectivity index is 3.80. The fraction of sp³-hybridized carbons (Fsp3) is 0.111. The van der Waals surface area contributed by atoms with Crippen molar-refractivity contribution < 1.29 is 9.59 Å². The molecule has 8 heteroatoms. The van der Waals surface area contributed by atoms with Gasteiger partial charge in [-0.3, -0.25) is 0 Å². The fourth-order valence-electron chi connectivity index (χ4n) is 1.11. The van der Waals surface area contributed by atoms with Gasteiger partial charge in [0.1, 0.15) is 11.4 Å². The zero-order valence-corrected chi connectivity index (χ0v) is 11.0. The van der Waals surface area contributed by atoms with Crippen molar-refractivity contribution in [2.75, 3.05) is 0 Å². The maximum atomic E-state index is 10.3. The molecule has 0 spiro atoms. The second-order valence-corrected chi connectivity index (χ2v) is 4.06. The van der Waals surface area contributed by atoms with Crippen LogP contribution >= 0.6 is 46.4 Å². The first kappa shape index (κ1) is 14.2. The van der Waals surface area contributed by atoms with Crippen LogP contribution in [-0.2, 0) is 15.5 Å². The molecule has 1 rings (SSSR count). The van der Waals surface area contributed by atoms with E-state index in [1.54, 1.807) is 0 Å². The van der Waals surface area contributed by atoms with Gasteiger partial charge in [0.15, 0.2) is 0 Å². The van der Waals surface area contributed by atoms with E-state index in [4.69, 9.17) is 46.4 Å². The van der Waals surface area contributed by atoms with Gasteiger partial charge in [-0.05, 0) is 0 Å². The highest BCUT2D eigenvalue weighted by Crippen LogP contribution is 2.47. The zero-order valence-electron chi connectivity index (χ0n) is 7.93. The summed E-state index contributed by atoms with van der Waals surface area (Å²) >= 11 is 23.3. The van der Waals surface area contributed by atoms with Gasteiger partial charge in [-0.25, -0.2) is 9.59 Å². The van der Waals surface area contributed by atoms with Crippen molar-refractivity contribution in [2.45, 2.75) is 5.88 Å². The molecule has 0 aliphatic heterocycles. The minimum Gasteiger partial charge on any atom is -0.211 e. The summed E-state index contributed by atoms with van der Waals surface area (Å²) in [5.41, 5.74) is 0.132. The monoisotopic (exact) mass is 310 g/mol. The minimum atomic E-state index is -0.115. The predicted molar refractivity (Wildman–Crippen MR) is 66.6 cm³/mol. The third kappa shape index (κ3) is 2.70. The Kier molecular flexibility index (Phi) is 5.16. The van der Waals surface area contributed by atoms with E-state index in [0.717, 1.165) is 0 Å². The number of isocyanates is 2. The van der Waals surface area contributed by atoms with Crippen molar-refractivity contribution in [1.82, 2.24) is 0 Å².